The van der Waals surface area contributed by atoms with Gasteiger partial charge in [-0.25, -0.2) is 0 Å². The highest BCUT2D eigenvalue weighted by Crippen LogP contribution is 2.26. The van der Waals surface area contributed by atoms with Gasteiger partial charge >= 0.3 is 0 Å². The van der Waals surface area contributed by atoms with Gasteiger partial charge in [-0.05, 0) is 35.9 Å². The molecule has 5 nitrogen and oxygen atoms in total. The molecule has 3 N–H and O–H groups in total. The Hall–Kier alpha value is -2.40. The number of carbonyl (C=O) groups excluding carboxylic acids is 1. The Balaban J connectivity index is 2.05. The van der Waals surface area contributed by atoms with Gasteiger partial charge in [-0.3, -0.25) is 4.79 Å². The van der Waals surface area contributed by atoms with Crippen LogP contribution in [0, 0.1) is 0 Å². The zero-order chi connectivity index (χ0) is 15.4. The summed E-state index contributed by atoms with van der Waals surface area (Å²) in [6.07, 6.45) is 0. The fourth-order valence-electron chi connectivity index (χ4n) is 1.76. The van der Waals surface area contributed by atoms with Crippen LogP contribution in [0.25, 0.3) is 0 Å². The van der Waals surface area contributed by atoms with E-state index in [1.165, 1.54) is 31.4 Å². The molecule has 0 aliphatic rings. The van der Waals surface area contributed by atoms with Crippen LogP contribution in [0.2, 0.25) is 5.02 Å². The largest absolute Gasteiger partial charge is 0.506 e. The molecule has 2 rings (SSSR count). The molecule has 2 aromatic carbocycles. The number of phenolic OH excluding ortho intramolecular Hbond substituents is 2. The Morgan fingerprint density at radius 3 is 2.57 bits per heavy atom. The third-order valence-corrected chi connectivity index (χ3v) is 3.21. The predicted octanol–water partition coefficient (Wildman–Crippen LogP) is 2.69. The first kappa shape index (κ1) is 15.0. The molecule has 0 aliphatic carbocycles. The minimum atomic E-state index is -0.316. The average Bonchev–Trinajstić information content (AvgIpc) is 2.48. The van der Waals surface area contributed by atoms with Crippen molar-refractivity contribution in [1.82, 2.24) is 5.32 Å². The highest BCUT2D eigenvalue weighted by molar-refractivity contribution is 6.32. The molecule has 2 aromatic rings. The van der Waals surface area contributed by atoms with E-state index in [2.05, 4.69) is 5.32 Å². The van der Waals surface area contributed by atoms with Crippen molar-refractivity contribution in [3.63, 3.8) is 0 Å². The van der Waals surface area contributed by atoms with Crippen LogP contribution in [0.3, 0.4) is 0 Å². The zero-order valence-electron chi connectivity index (χ0n) is 11.3. The van der Waals surface area contributed by atoms with Gasteiger partial charge in [0.2, 0.25) is 0 Å². The van der Waals surface area contributed by atoms with Gasteiger partial charge in [-0.2, -0.15) is 0 Å². The molecule has 0 spiro atoms. The third-order valence-electron chi connectivity index (χ3n) is 2.91. The van der Waals surface area contributed by atoms with E-state index in [1.807, 2.05) is 0 Å². The second kappa shape index (κ2) is 6.37. The van der Waals surface area contributed by atoms with Crippen LogP contribution in [0.5, 0.6) is 17.2 Å². The maximum absolute atomic E-state index is 12.0. The van der Waals surface area contributed by atoms with Crippen molar-refractivity contribution in [2.24, 2.45) is 0 Å². The van der Waals surface area contributed by atoms with Gasteiger partial charge in [0, 0.05) is 12.1 Å². The lowest BCUT2D eigenvalue weighted by molar-refractivity contribution is 0.0951. The molecule has 0 radical (unpaired) electrons. The summed E-state index contributed by atoms with van der Waals surface area (Å²) in [5.41, 5.74) is 1.13. The highest BCUT2D eigenvalue weighted by atomic mass is 35.5. The van der Waals surface area contributed by atoms with E-state index in [0.717, 1.165) is 5.56 Å². The average molecular weight is 308 g/mol. The standard InChI is InChI=1S/C15H14ClNO4/c1-21-14-6-9(2-4-13(14)19)8-17-15(20)10-3-5-12(18)11(16)7-10/h2-7,18-19H,8H2,1H3,(H,17,20). The number of ether oxygens (including phenoxy) is 1. The topological polar surface area (TPSA) is 78.8 Å². The lowest BCUT2D eigenvalue weighted by atomic mass is 10.1. The van der Waals surface area contributed by atoms with Crippen LogP contribution < -0.4 is 10.1 Å². The number of nitrogens with one attached hydrogen (secondary N) is 1. The quantitative estimate of drug-likeness (QED) is 0.811. The molecule has 0 aromatic heterocycles. The number of halogens is 1. The Kier molecular flexibility index (Phi) is 4.55. The maximum atomic E-state index is 12.0. The normalized spacial score (nSPS) is 10.2. The zero-order valence-corrected chi connectivity index (χ0v) is 12.0. The van der Waals surface area contributed by atoms with Crippen LogP contribution in [0.1, 0.15) is 15.9 Å². The predicted molar refractivity (Wildman–Crippen MR) is 78.9 cm³/mol. The van der Waals surface area contributed by atoms with Crippen LogP contribution in [0.15, 0.2) is 36.4 Å². The first-order valence-electron chi connectivity index (χ1n) is 6.14. The molecule has 0 unspecified atom stereocenters. The summed E-state index contributed by atoms with van der Waals surface area (Å²) in [7, 11) is 1.45. The van der Waals surface area contributed by atoms with Crippen molar-refractivity contribution < 1.29 is 19.7 Å². The number of carbonyl (C=O) groups is 1. The molecule has 0 saturated heterocycles. The van der Waals surface area contributed by atoms with Crippen molar-refractivity contribution in [1.29, 1.82) is 0 Å². The van der Waals surface area contributed by atoms with Gasteiger partial charge in [-0.15, -0.1) is 0 Å². The van der Waals surface area contributed by atoms with Gasteiger partial charge in [0.05, 0.1) is 12.1 Å². The molecular weight excluding hydrogens is 294 g/mol. The monoisotopic (exact) mass is 307 g/mol. The number of rotatable bonds is 4. The summed E-state index contributed by atoms with van der Waals surface area (Å²) in [5.74, 6) is -0.00671. The van der Waals surface area contributed by atoms with Crippen molar-refractivity contribution in [2.45, 2.75) is 6.54 Å². The number of aromatic hydroxyl groups is 2. The molecule has 0 heterocycles. The lowest BCUT2D eigenvalue weighted by Gasteiger charge is -2.09. The second-order valence-electron chi connectivity index (χ2n) is 4.36. The molecule has 0 atom stereocenters. The molecule has 1 amide bonds. The van der Waals surface area contributed by atoms with Gasteiger partial charge in [0.1, 0.15) is 5.75 Å². The van der Waals surface area contributed by atoms with E-state index in [4.69, 9.17) is 16.3 Å². The molecule has 0 aliphatic heterocycles. The number of amides is 1. The van der Waals surface area contributed by atoms with E-state index >= 15 is 0 Å². The Labute approximate surface area is 126 Å². The third kappa shape index (κ3) is 3.58. The van der Waals surface area contributed by atoms with Crippen LogP contribution in [-0.2, 0) is 6.54 Å². The molecule has 110 valence electrons. The van der Waals surface area contributed by atoms with Gasteiger partial charge in [-0.1, -0.05) is 17.7 Å². The summed E-state index contributed by atoms with van der Waals surface area (Å²) in [6.45, 7) is 0.272. The van der Waals surface area contributed by atoms with Gasteiger partial charge < -0.3 is 20.3 Å². The lowest BCUT2D eigenvalue weighted by Crippen LogP contribution is -2.22. The molecule has 0 saturated carbocycles. The molecule has 21 heavy (non-hydrogen) atoms. The van der Waals surface area contributed by atoms with E-state index in [1.54, 1.807) is 12.1 Å². The minimum Gasteiger partial charge on any atom is -0.506 e. The Morgan fingerprint density at radius 2 is 1.90 bits per heavy atom. The van der Waals surface area contributed by atoms with E-state index in [0.29, 0.717) is 11.3 Å². The van der Waals surface area contributed by atoms with Gasteiger partial charge in [0.15, 0.2) is 11.5 Å². The maximum Gasteiger partial charge on any atom is 0.251 e. The summed E-state index contributed by atoms with van der Waals surface area (Å²) >= 11 is 5.76. The number of benzene rings is 2. The van der Waals surface area contributed by atoms with Crippen molar-refractivity contribution in [2.75, 3.05) is 7.11 Å². The second-order valence-corrected chi connectivity index (χ2v) is 4.76. The van der Waals surface area contributed by atoms with E-state index in [9.17, 15) is 15.0 Å². The van der Waals surface area contributed by atoms with Crippen LogP contribution in [-0.4, -0.2) is 23.2 Å². The minimum absolute atomic E-state index is 0.0397. The van der Waals surface area contributed by atoms with Crippen molar-refractivity contribution in [3.05, 3.63) is 52.5 Å². The Morgan fingerprint density at radius 1 is 1.19 bits per heavy atom. The van der Waals surface area contributed by atoms with E-state index < -0.39 is 0 Å². The number of hydrogen-bond donors (Lipinski definition) is 3. The first-order valence-corrected chi connectivity index (χ1v) is 6.51. The number of methoxy groups -OCH3 is 1. The van der Waals surface area contributed by atoms with Gasteiger partial charge in [0.25, 0.3) is 5.91 Å². The fraction of sp³-hybridized carbons (Fsp3) is 0.133. The fourth-order valence-corrected chi connectivity index (χ4v) is 1.95. The van der Waals surface area contributed by atoms with Crippen LogP contribution in [0.4, 0.5) is 0 Å². The molecular formula is C15H14ClNO4. The smallest absolute Gasteiger partial charge is 0.251 e. The summed E-state index contributed by atoms with van der Waals surface area (Å²) in [5, 5.41) is 21.6. The molecule has 0 fully saturated rings. The van der Waals surface area contributed by atoms with Crippen molar-refractivity contribution >= 4 is 17.5 Å². The highest BCUT2D eigenvalue weighted by Gasteiger charge is 2.09. The number of hydrogen-bond acceptors (Lipinski definition) is 4. The van der Waals surface area contributed by atoms with Crippen molar-refractivity contribution in [3.8, 4) is 17.2 Å². The van der Waals surface area contributed by atoms with E-state index in [-0.39, 0.29) is 29.0 Å². The SMILES string of the molecule is COc1cc(CNC(=O)c2ccc(O)c(Cl)c2)ccc1O. The first-order chi connectivity index (χ1) is 10.0. The number of phenols is 2. The molecule has 6 heteroatoms. The summed E-state index contributed by atoms with van der Waals surface area (Å²) < 4.78 is 5.00. The molecule has 0 bridgehead atoms. The Bertz CT molecular complexity index is 673. The summed E-state index contributed by atoms with van der Waals surface area (Å²) in [4.78, 5) is 12.0. The van der Waals surface area contributed by atoms with Crippen LogP contribution >= 0.6 is 11.6 Å². The summed E-state index contributed by atoms with van der Waals surface area (Å²) in [6, 6.07) is 9.05.